The van der Waals surface area contributed by atoms with Crippen LogP contribution in [0, 0.1) is 0 Å². The van der Waals surface area contributed by atoms with Crippen LogP contribution in [0.2, 0.25) is 0 Å². The minimum atomic E-state index is -0.709. The largest absolute Gasteiger partial charge is 0.482 e. The summed E-state index contributed by atoms with van der Waals surface area (Å²) in [5, 5.41) is 10.5. The molecule has 1 aromatic heterocycles. The summed E-state index contributed by atoms with van der Waals surface area (Å²) in [5.74, 6) is 0.923. The van der Waals surface area contributed by atoms with Gasteiger partial charge in [-0.3, -0.25) is 10.1 Å². The summed E-state index contributed by atoms with van der Waals surface area (Å²) in [6, 6.07) is 7.27. The average molecular weight is 277 g/mol. The Morgan fingerprint density at radius 2 is 2.05 bits per heavy atom. The van der Waals surface area contributed by atoms with Gasteiger partial charge in [-0.15, -0.1) is 10.2 Å². The van der Waals surface area contributed by atoms with E-state index < -0.39 is 6.10 Å². The van der Waals surface area contributed by atoms with Crippen LogP contribution in [0.25, 0.3) is 0 Å². The third kappa shape index (κ3) is 2.37. The lowest BCUT2D eigenvalue weighted by Crippen LogP contribution is -2.46. The molecule has 0 radical (unpaired) electrons. The lowest BCUT2D eigenvalue weighted by molar-refractivity contribution is -0.128. The summed E-state index contributed by atoms with van der Waals surface area (Å²) < 4.78 is 11.3. The van der Waals surface area contributed by atoms with Gasteiger partial charge in [0, 0.05) is 0 Å². The van der Waals surface area contributed by atoms with Gasteiger partial charge in [0.15, 0.2) is 11.5 Å². The van der Waals surface area contributed by atoms with E-state index in [-0.39, 0.29) is 12.0 Å². The van der Waals surface area contributed by atoms with Gasteiger partial charge in [-0.2, -0.15) is 0 Å². The standard InChI is InChI=1S/C12H11N3O3S/c1-7-10(11(16)14-12-15-13-6-19-12)18-9-5-3-2-4-8(9)17-7/h2-7,10H,1H3,(H,14,15,16)/t7-,10+/m1/s1. The molecule has 2 heterocycles. The Morgan fingerprint density at radius 1 is 1.32 bits per heavy atom. The SMILES string of the molecule is C[C@H]1Oc2ccccc2O[C@@H]1C(=O)Nc1nncs1. The van der Waals surface area contributed by atoms with E-state index in [1.165, 1.54) is 11.3 Å². The highest BCUT2D eigenvalue weighted by atomic mass is 32.1. The molecule has 2 aromatic rings. The van der Waals surface area contributed by atoms with Gasteiger partial charge in [0.2, 0.25) is 11.2 Å². The third-order valence-corrected chi connectivity index (χ3v) is 3.30. The predicted molar refractivity (Wildman–Crippen MR) is 69.5 cm³/mol. The van der Waals surface area contributed by atoms with Gasteiger partial charge in [-0.1, -0.05) is 23.5 Å². The Kier molecular flexibility index (Phi) is 3.04. The first kappa shape index (κ1) is 11.9. The zero-order valence-electron chi connectivity index (χ0n) is 10.1. The van der Waals surface area contributed by atoms with E-state index >= 15 is 0 Å². The number of nitrogens with one attached hydrogen (secondary N) is 1. The number of carbonyl (C=O) groups excluding carboxylic acids is 1. The molecule has 2 atom stereocenters. The number of hydrogen-bond acceptors (Lipinski definition) is 6. The minimum absolute atomic E-state index is 0.293. The summed E-state index contributed by atoms with van der Waals surface area (Å²) in [6.45, 7) is 1.79. The highest BCUT2D eigenvalue weighted by molar-refractivity contribution is 7.13. The molecule has 1 aliphatic heterocycles. The summed E-state index contributed by atoms with van der Waals surface area (Å²) in [7, 11) is 0. The van der Waals surface area contributed by atoms with E-state index in [1.54, 1.807) is 18.5 Å². The molecule has 0 spiro atoms. The van der Waals surface area contributed by atoms with Crippen molar-refractivity contribution in [1.29, 1.82) is 0 Å². The molecule has 0 aliphatic carbocycles. The van der Waals surface area contributed by atoms with Gasteiger partial charge in [-0.25, -0.2) is 0 Å². The van der Waals surface area contributed by atoms with Crippen LogP contribution >= 0.6 is 11.3 Å². The number of para-hydroxylation sites is 2. The number of ether oxygens (including phenoxy) is 2. The molecule has 1 aromatic carbocycles. The minimum Gasteiger partial charge on any atom is -0.482 e. The number of hydrogen-bond donors (Lipinski definition) is 1. The molecule has 0 saturated heterocycles. The third-order valence-electron chi connectivity index (χ3n) is 2.69. The summed E-state index contributed by atoms with van der Waals surface area (Å²) in [5.41, 5.74) is 1.55. The van der Waals surface area contributed by atoms with E-state index in [1.807, 2.05) is 18.2 Å². The zero-order valence-corrected chi connectivity index (χ0v) is 10.9. The van der Waals surface area contributed by atoms with Crippen molar-refractivity contribution < 1.29 is 14.3 Å². The zero-order chi connectivity index (χ0) is 13.2. The molecule has 0 fully saturated rings. The Labute approximate surface area is 113 Å². The lowest BCUT2D eigenvalue weighted by atomic mass is 10.1. The van der Waals surface area contributed by atoms with Crippen molar-refractivity contribution >= 4 is 22.4 Å². The molecular formula is C12H11N3O3S. The maximum absolute atomic E-state index is 12.1. The first-order valence-electron chi connectivity index (χ1n) is 5.73. The van der Waals surface area contributed by atoms with Gasteiger partial charge < -0.3 is 9.47 Å². The number of rotatable bonds is 2. The summed E-state index contributed by atoms with van der Waals surface area (Å²) in [6.07, 6.45) is -1.08. The van der Waals surface area contributed by atoms with Gasteiger partial charge in [0.25, 0.3) is 5.91 Å². The van der Waals surface area contributed by atoms with Gasteiger partial charge in [0.05, 0.1) is 0 Å². The second-order valence-corrected chi connectivity index (χ2v) is 4.87. The van der Waals surface area contributed by atoms with Crippen LogP contribution < -0.4 is 14.8 Å². The van der Waals surface area contributed by atoms with Crippen molar-refractivity contribution in [2.45, 2.75) is 19.1 Å². The van der Waals surface area contributed by atoms with Crippen molar-refractivity contribution in [3.05, 3.63) is 29.8 Å². The molecule has 19 heavy (non-hydrogen) atoms. The van der Waals surface area contributed by atoms with E-state index in [4.69, 9.17) is 9.47 Å². The maximum atomic E-state index is 12.1. The number of benzene rings is 1. The fourth-order valence-corrected chi connectivity index (χ4v) is 2.26. The Bertz CT molecular complexity index is 588. The van der Waals surface area contributed by atoms with Crippen LogP contribution in [-0.2, 0) is 4.79 Å². The van der Waals surface area contributed by atoms with E-state index in [9.17, 15) is 4.79 Å². The van der Waals surface area contributed by atoms with Crippen LogP contribution in [0.5, 0.6) is 11.5 Å². The lowest BCUT2D eigenvalue weighted by Gasteiger charge is -2.30. The normalized spacial score (nSPS) is 20.9. The van der Waals surface area contributed by atoms with E-state index in [2.05, 4.69) is 15.5 Å². The molecular weight excluding hydrogens is 266 g/mol. The van der Waals surface area contributed by atoms with Gasteiger partial charge in [-0.05, 0) is 19.1 Å². The molecule has 98 valence electrons. The van der Waals surface area contributed by atoms with Crippen LogP contribution in [-0.4, -0.2) is 28.3 Å². The van der Waals surface area contributed by atoms with Crippen molar-refractivity contribution in [2.75, 3.05) is 5.32 Å². The summed E-state index contributed by atoms with van der Waals surface area (Å²) >= 11 is 1.25. The molecule has 1 N–H and O–H groups in total. The smallest absolute Gasteiger partial charge is 0.271 e. The molecule has 3 rings (SSSR count). The number of aromatic nitrogens is 2. The second kappa shape index (κ2) is 4.85. The number of amides is 1. The van der Waals surface area contributed by atoms with Crippen LogP contribution in [0.15, 0.2) is 29.8 Å². The number of carbonyl (C=O) groups is 1. The number of anilines is 1. The topological polar surface area (TPSA) is 73.3 Å². The monoisotopic (exact) mass is 277 g/mol. The molecule has 1 aliphatic rings. The number of fused-ring (bicyclic) bond motifs is 1. The Balaban J connectivity index is 1.77. The van der Waals surface area contributed by atoms with Crippen molar-refractivity contribution in [1.82, 2.24) is 10.2 Å². The van der Waals surface area contributed by atoms with Crippen molar-refractivity contribution in [2.24, 2.45) is 0 Å². The van der Waals surface area contributed by atoms with E-state index in [0.717, 1.165) is 0 Å². The number of nitrogens with zero attached hydrogens (tertiary/aromatic N) is 2. The maximum Gasteiger partial charge on any atom is 0.271 e. The molecule has 1 amide bonds. The predicted octanol–water partition coefficient (Wildman–Crippen LogP) is 1.71. The Hall–Kier alpha value is -2.15. The van der Waals surface area contributed by atoms with E-state index in [0.29, 0.717) is 16.6 Å². The first-order valence-corrected chi connectivity index (χ1v) is 6.61. The van der Waals surface area contributed by atoms with Gasteiger partial charge >= 0.3 is 0 Å². The van der Waals surface area contributed by atoms with Crippen LogP contribution in [0.3, 0.4) is 0 Å². The molecule has 0 saturated carbocycles. The van der Waals surface area contributed by atoms with Crippen molar-refractivity contribution in [3.8, 4) is 11.5 Å². The van der Waals surface area contributed by atoms with Crippen LogP contribution in [0.1, 0.15) is 6.92 Å². The summed E-state index contributed by atoms with van der Waals surface area (Å²) in [4.78, 5) is 12.1. The fraction of sp³-hybridized carbons (Fsp3) is 0.250. The quantitative estimate of drug-likeness (QED) is 0.904. The van der Waals surface area contributed by atoms with Crippen molar-refractivity contribution in [3.63, 3.8) is 0 Å². The van der Waals surface area contributed by atoms with Crippen LogP contribution in [0.4, 0.5) is 5.13 Å². The highest BCUT2D eigenvalue weighted by Gasteiger charge is 2.34. The molecule has 0 bridgehead atoms. The van der Waals surface area contributed by atoms with Gasteiger partial charge in [0.1, 0.15) is 11.6 Å². The molecule has 0 unspecified atom stereocenters. The fourth-order valence-electron chi connectivity index (χ4n) is 1.81. The highest BCUT2D eigenvalue weighted by Crippen LogP contribution is 2.33. The molecule has 6 nitrogen and oxygen atoms in total. The average Bonchev–Trinajstić information content (AvgIpc) is 2.90. The Morgan fingerprint density at radius 3 is 2.74 bits per heavy atom. The molecule has 7 heteroatoms. The first-order chi connectivity index (χ1) is 9.24. The second-order valence-electron chi connectivity index (χ2n) is 4.04.